The monoisotopic (exact) mass is 166 g/mol. The van der Waals surface area contributed by atoms with E-state index in [1.54, 1.807) is 6.08 Å². The molecule has 2 heteroatoms. The van der Waals surface area contributed by atoms with Gasteiger partial charge in [0, 0.05) is 19.6 Å². The van der Waals surface area contributed by atoms with Crippen molar-refractivity contribution in [2.24, 2.45) is 0 Å². The average Bonchev–Trinajstić information content (AvgIpc) is 2.10. The van der Waals surface area contributed by atoms with Gasteiger partial charge in [-0.25, -0.2) is 0 Å². The van der Waals surface area contributed by atoms with Gasteiger partial charge in [0.15, 0.2) is 0 Å². The molecule has 0 atom stereocenters. The lowest BCUT2D eigenvalue weighted by Gasteiger charge is -1.98. The number of allylic oxidation sites excluding steroid dienone is 4. The smallest absolute Gasteiger partial charge is 0.0138 e. The van der Waals surface area contributed by atoms with Crippen molar-refractivity contribution in [3.63, 3.8) is 0 Å². The minimum atomic E-state index is 0.920. The van der Waals surface area contributed by atoms with Crippen LogP contribution in [0.2, 0.25) is 0 Å². The minimum absolute atomic E-state index is 0.920. The van der Waals surface area contributed by atoms with Crippen molar-refractivity contribution in [1.29, 1.82) is 0 Å². The van der Waals surface area contributed by atoms with Gasteiger partial charge >= 0.3 is 0 Å². The second-order valence-corrected chi connectivity index (χ2v) is 2.36. The van der Waals surface area contributed by atoms with Crippen LogP contribution in [0.1, 0.15) is 0 Å². The highest BCUT2D eigenvalue weighted by Crippen LogP contribution is 1.76. The summed E-state index contributed by atoms with van der Waals surface area (Å²) in [6.07, 6.45) is 9.72. The Morgan fingerprint density at radius 3 is 2.67 bits per heavy atom. The zero-order valence-corrected chi connectivity index (χ0v) is 7.72. The Labute approximate surface area is 75.1 Å². The van der Waals surface area contributed by atoms with Crippen molar-refractivity contribution in [2.45, 2.75) is 0 Å². The van der Waals surface area contributed by atoms with Crippen LogP contribution in [0.15, 0.2) is 37.0 Å². The molecule has 0 bridgehead atoms. The minimum Gasteiger partial charge on any atom is -0.318 e. The van der Waals surface area contributed by atoms with Crippen molar-refractivity contribution in [3.8, 4) is 0 Å². The van der Waals surface area contributed by atoms with Crippen LogP contribution in [0.5, 0.6) is 0 Å². The third-order valence-electron chi connectivity index (χ3n) is 1.31. The van der Waals surface area contributed by atoms with Crippen LogP contribution >= 0.6 is 0 Å². The van der Waals surface area contributed by atoms with Crippen molar-refractivity contribution in [1.82, 2.24) is 10.6 Å². The van der Waals surface area contributed by atoms with E-state index in [0.29, 0.717) is 0 Å². The molecule has 0 aliphatic carbocycles. The lowest BCUT2D eigenvalue weighted by Crippen LogP contribution is -2.24. The Hall–Kier alpha value is -0.860. The third-order valence-corrected chi connectivity index (χ3v) is 1.31. The fraction of sp³-hybridized carbons (Fsp3) is 0.400. The zero-order chi connectivity index (χ0) is 9.07. The van der Waals surface area contributed by atoms with E-state index in [2.05, 4.69) is 23.3 Å². The molecule has 0 fully saturated rings. The lowest BCUT2D eigenvalue weighted by atomic mass is 10.4. The first kappa shape index (κ1) is 11.1. The molecular weight excluding hydrogens is 148 g/mol. The fourth-order valence-electron chi connectivity index (χ4n) is 0.688. The molecule has 0 radical (unpaired) electrons. The fourth-order valence-corrected chi connectivity index (χ4v) is 0.688. The first-order valence-corrected chi connectivity index (χ1v) is 4.21. The molecule has 0 aromatic heterocycles. The molecule has 0 amide bonds. The topological polar surface area (TPSA) is 24.1 Å². The number of likely N-dealkylation sites (N-methyl/N-ethyl adjacent to an activating group) is 1. The van der Waals surface area contributed by atoms with Gasteiger partial charge in [-0.1, -0.05) is 37.0 Å². The van der Waals surface area contributed by atoms with Crippen LogP contribution in [0, 0.1) is 0 Å². The van der Waals surface area contributed by atoms with E-state index in [9.17, 15) is 0 Å². The molecule has 0 aromatic rings. The molecule has 0 rings (SSSR count). The third kappa shape index (κ3) is 9.14. The van der Waals surface area contributed by atoms with Gasteiger partial charge in [0.2, 0.25) is 0 Å². The predicted octanol–water partition coefficient (Wildman–Crippen LogP) is 1.09. The van der Waals surface area contributed by atoms with Crippen LogP contribution in [-0.4, -0.2) is 26.7 Å². The number of nitrogens with one attached hydrogen (secondary N) is 2. The van der Waals surface area contributed by atoms with E-state index in [0.717, 1.165) is 19.6 Å². The zero-order valence-electron chi connectivity index (χ0n) is 7.72. The maximum Gasteiger partial charge on any atom is 0.0138 e. The molecule has 0 aliphatic rings. The van der Waals surface area contributed by atoms with Crippen LogP contribution in [0.3, 0.4) is 0 Å². The van der Waals surface area contributed by atoms with Gasteiger partial charge in [-0.05, 0) is 7.05 Å². The van der Waals surface area contributed by atoms with Crippen molar-refractivity contribution < 1.29 is 0 Å². The van der Waals surface area contributed by atoms with Gasteiger partial charge < -0.3 is 10.6 Å². The first-order valence-electron chi connectivity index (χ1n) is 4.21. The average molecular weight is 166 g/mol. The quantitative estimate of drug-likeness (QED) is 0.437. The molecule has 2 nitrogen and oxygen atoms in total. The van der Waals surface area contributed by atoms with Crippen molar-refractivity contribution in [2.75, 3.05) is 26.7 Å². The summed E-state index contributed by atoms with van der Waals surface area (Å²) in [6, 6.07) is 0. The molecule has 2 N–H and O–H groups in total. The predicted molar refractivity (Wildman–Crippen MR) is 55.3 cm³/mol. The van der Waals surface area contributed by atoms with E-state index in [-0.39, 0.29) is 0 Å². The molecule has 0 spiro atoms. The van der Waals surface area contributed by atoms with Crippen LogP contribution in [0.4, 0.5) is 0 Å². The number of hydrogen-bond donors (Lipinski definition) is 2. The number of hydrogen-bond acceptors (Lipinski definition) is 2. The van der Waals surface area contributed by atoms with E-state index in [4.69, 9.17) is 0 Å². The molecule has 0 heterocycles. The summed E-state index contributed by atoms with van der Waals surface area (Å²) in [6.45, 7) is 6.51. The Bertz CT molecular complexity index is 148. The van der Waals surface area contributed by atoms with Crippen LogP contribution in [0.25, 0.3) is 0 Å². The van der Waals surface area contributed by atoms with Crippen molar-refractivity contribution in [3.05, 3.63) is 37.0 Å². The first-order chi connectivity index (χ1) is 5.91. The lowest BCUT2D eigenvalue weighted by molar-refractivity contribution is 0.690. The molecular formula is C10H18N2. The number of rotatable bonds is 7. The second-order valence-electron chi connectivity index (χ2n) is 2.36. The van der Waals surface area contributed by atoms with Gasteiger partial charge in [-0.3, -0.25) is 0 Å². The van der Waals surface area contributed by atoms with Gasteiger partial charge in [0.25, 0.3) is 0 Å². The van der Waals surface area contributed by atoms with E-state index in [1.807, 2.05) is 25.3 Å². The molecule has 0 saturated heterocycles. The summed E-state index contributed by atoms with van der Waals surface area (Å²) in [5.74, 6) is 0. The Balaban J connectivity index is 3.13. The normalized spacial score (nSPS) is 11.4. The van der Waals surface area contributed by atoms with Crippen LogP contribution < -0.4 is 10.6 Å². The Morgan fingerprint density at radius 1 is 1.17 bits per heavy atom. The van der Waals surface area contributed by atoms with E-state index in [1.165, 1.54) is 0 Å². The largest absolute Gasteiger partial charge is 0.318 e. The van der Waals surface area contributed by atoms with E-state index < -0.39 is 0 Å². The summed E-state index contributed by atoms with van der Waals surface area (Å²) < 4.78 is 0. The maximum atomic E-state index is 3.57. The van der Waals surface area contributed by atoms with Gasteiger partial charge in [0.1, 0.15) is 0 Å². The Kier molecular flexibility index (Phi) is 9.41. The summed E-state index contributed by atoms with van der Waals surface area (Å²) in [7, 11) is 1.95. The summed E-state index contributed by atoms with van der Waals surface area (Å²) >= 11 is 0. The standard InChI is InChI=1S/C10H18N2/c1-3-4-5-6-7-8-12-10-9-11-2/h3-7,11-12H,1,8-10H2,2H3/b5-4-,7-6+. The second kappa shape index (κ2) is 10.1. The highest BCUT2D eigenvalue weighted by Gasteiger charge is 1.78. The molecule has 0 saturated carbocycles. The highest BCUT2D eigenvalue weighted by molar-refractivity contribution is 5.09. The maximum absolute atomic E-state index is 3.57. The van der Waals surface area contributed by atoms with Gasteiger partial charge in [-0.2, -0.15) is 0 Å². The Morgan fingerprint density at radius 2 is 2.00 bits per heavy atom. The molecule has 0 unspecified atom stereocenters. The molecule has 68 valence electrons. The van der Waals surface area contributed by atoms with Crippen LogP contribution in [-0.2, 0) is 0 Å². The highest BCUT2D eigenvalue weighted by atomic mass is 14.9. The molecule has 0 aliphatic heterocycles. The summed E-state index contributed by atoms with van der Waals surface area (Å²) in [4.78, 5) is 0. The van der Waals surface area contributed by atoms with Crippen molar-refractivity contribution >= 4 is 0 Å². The summed E-state index contributed by atoms with van der Waals surface area (Å²) in [5, 5.41) is 6.32. The SMILES string of the molecule is C=C/C=C\C=C\CNCCNC. The van der Waals surface area contributed by atoms with E-state index >= 15 is 0 Å². The van der Waals surface area contributed by atoms with Gasteiger partial charge in [0.05, 0.1) is 0 Å². The summed E-state index contributed by atoms with van der Waals surface area (Å²) in [5.41, 5.74) is 0. The van der Waals surface area contributed by atoms with Gasteiger partial charge in [-0.15, -0.1) is 0 Å². The molecule has 0 aromatic carbocycles. The molecule has 12 heavy (non-hydrogen) atoms.